The van der Waals surface area contributed by atoms with Crippen LogP contribution in [0, 0.1) is 35.5 Å². The molecule has 0 spiro atoms. The zero-order valence-electron chi connectivity index (χ0n) is 13.8. The van der Waals surface area contributed by atoms with Crippen LogP contribution in [0.1, 0.15) is 65.2 Å². The molecular formula is C18H30O4. The van der Waals surface area contributed by atoms with Gasteiger partial charge in [0.25, 0.3) is 0 Å². The molecule has 2 aliphatic carbocycles. The SMILES string of the molecule is CCCCC1CCCC2C(C(=O)O)C(CC)CC(C(=O)O)C12. The molecule has 2 aliphatic rings. The van der Waals surface area contributed by atoms with Crippen LogP contribution in [-0.2, 0) is 9.59 Å². The van der Waals surface area contributed by atoms with Crippen LogP contribution >= 0.6 is 0 Å². The normalized spacial score (nSPS) is 38.3. The molecule has 0 aliphatic heterocycles. The quantitative estimate of drug-likeness (QED) is 0.776. The molecule has 0 radical (unpaired) electrons. The average molecular weight is 310 g/mol. The zero-order chi connectivity index (χ0) is 16.3. The summed E-state index contributed by atoms with van der Waals surface area (Å²) in [6, 6.07) is 0. The van der Waals surface area contributed by atoms with Crippen LogP contribution in [0.4, 0.5) is 0 Å². The van der Waals surface area contributed by atoms with Crippen molar-refractivity contribution in [3.63, 3.8) is 0 Å². The molecule has 6 unspecified atom stereocenters. The first-order valence-electron chi connectivity index (χ1n) is 8.96. The third-order valence-corrected chi connectivity index (χ3v) is 6.20. The summed E-state index contributed by atoms with van der Waals surface area (Å²) in [5.74, 6) is -1.54. The summed E-state index contributed by atoms with van der Waals surface area (Å²) >= 11 is 0. The van der Waals surface area contributed by atoms with Gasteiger partial charge in [-0.3, -0.25) is 9.59 Å². The molecule has 0 bridgehead atoms. The first kappa shape index (κ1) is 17.3. The van der Waals surface area contributed by atoms with Crippen molar-refractivity contribution in [2.24, 2.45) is 35.5 Å². The van der Waals surface area contributed by atoms with Gasteiger partial charge in [-0.15, -0.1) is 0 Å². The van der Waals surface area contributed by atoms with E-state index in [2.05, 4.69) is 6.92 Å². The fourth-order valence-corrected chi connectivity index (χ4v) is 5.25. The smallest absolute Gasteiger partial charge is 0.307 e. The summed E-state index contributed by atoms with van der Waals surface area (Å²) in [5, 5.41) is 19.4. The summed E-state index contributed by atoms with van der Waals surface area (Å²) in [4.78, 5) is 23.6. The highest BCUT2D eigenvalue weighted by atomic mass is 16.4. The van der Waals surface area contributed by atoms with E-state index in [1.165, 1.54) is 0 Å². The molecule has 0 aromatic heterocycles. The highest BCUT2D eigenvalue weighted by Crippen LogP contribution is 2.53. The van der Waals surface area contributed by atoms with E-state index in [0.29, 0.717) is 12.3 Å². The second kappa shape index (κ2) is 7.47. The maximum atomic E-state index is 11.8. The maximum Gasteiger partial charge on any atom is 0.307 e. The van der Waals surface area contributed by atoms with Crippen LogP contribution in [0.2, 0.25) is 0 Å². The van der Waals surface area contributed by atoms with Gasteiger partial charge in [-0.2, -0.15) is 0 Å². The maximum absolute atomic E-state index is 11.8. The van der Waals surface area contributed by atoms with Gasteiger partial charge in [0, 0.05) is 0 Å². The molecule has 0 heterocycles. The Hall–Kier alpha value is -1.06. The molecule has 0 aromatic carbocycles. The van der Waals surface area contributed by atoms with E-state index in [0.717, 1.165) is 44.9 Å². The van der Waals surface area contributed by atoms with E-state index in [9.17, 15) is 19.8 Å². The fourth-order valence-electron chi connectivity index (χ4n) is 5.25. The van der Waals surface area contributed by atoms with E-state index in [1.54, 1.807) is 0 Å². The van der Waals surface area contributed by atoms with Crippen molar-refractivity contribution in [3.8, 4) is 0 Å². The molecule has 0 saturated heterocycles. The van der Waals surface area contributed by atoms with Crippen LogP contribution in [-0.4, -0.2) is 22.2 Å². The number of carboxylic acids is 2. The fraction of sp³-hybridized carbons (Fsp3) is 0.889. The number of hydrogen-bond donors (Lipinski definition) is 2. The van der Waals surface area contributed by atoms with Gasteiger partial charge >= 0.3 is 11.9 Å². The predicted octanol–water partition coefficient (Wildman–Crippen LogP) is 4.04. The van der Waals surface area contributed by atoms with Gasteiger partial charge in [0.2, 0.25) is 0 Å². The Bertz CT molecular complexity index is 406. The third kappa shape index (κ3) is 3.31. The Balaban J connectivity index is 2.30. The van der Waals surface area contributed by atoms with Crippen molar-refractivity contribution in [2.45, 2.75) is 65.2 Å². The molecule has 2 fully saturated rings. The Morgan fingerprint density at radius 2 is 1.77 bits per heavy atom. The second-order valence-corrected chi connectivity index (χ2v) is 7.29. The van der Waals surface area contributed by atoms with Crippen LogP contribution in [0.5, 0.6) is 0 Å². The lowest BCUT2D eigenvalue weighted by Crippen LogP contribution is -2.50. The van der Waals surface area contributed by atoms with Crippen molar-refractivity contribution in [1.82, 2.24) is 0 Å². The Kier molecular flexibility index (Phi) is 5.87. The number of hydrogen-bond acceptors (Lipinski definition) is 2. The molecule has 126 valence electrons. The summed E-state index contributed by atoms with van der Waals surface area (Å²) < 4.78 is 0. The van der Waals surface area contributed by atoms with Gasteiger partial charge in [-0.25, -0.2) is 0 Å². The van der Waals surface area contributed by atoms with Crippen molar-refractivity contribution in [1.29, 1.82) is 0 Å². The number of aliphatic carboxylic acids is 2. The highest BCUT2D eigenvalue weighted by molar-refractivity contribution is 5.74. The van der Waals surface area contributed by atoms with Crippen molar-refractivity contribution in [2.75, 3.05) is 0 Å². The van der Waals surface area contributed by atoms with Gasteiger partial charge in [-0.1, -0.05) is 52.4 Å². The van der Waals surface area contributed by atoms with Crippen LogP contribution in [0.15, 0.2) is 0 Å². The van der Waals surface area contributed by atoms with Crippen LogP contribution in [0.25, 0.3) is 0 Å². The standard InChI is InChI=1S/C18H30O4/c1-3-5-7-12-8-6-9-13-15(12)14(17(19)20)10-11(4-2)16(13)18(21)22/h11-16H,3-10H2,1-2H3,(H,19,20)(H,21,22). The Morgan fingerprint density at radius 3 is 2.32 bits per heavy atom. The summed E-state index contributed by atoms with van der Waals surface area (Å²) in [5.41, 5.74) is 0. The van der Waals surface area contributed by atoms with Crippen molar-refractivity contribution < 1.29 is 19.8 Å². The van der Waals surface area contributed by atoms with Crippen molar-refractivity contribution in [3.05, 3.63) is 0 Å². The molecule has 2 saturated carbocycles. The number of rotatable bonds is 6. The minimum Gasteiger partial charge on any atom is -0.481 e. The van der Waals surface area contributed by atoms with Crippen LogP contribution in [0.3, 0.4) is 0 Å². The van der Waals surface area contributed by atoms with E-state index >= 15 is 0 Å². The lowest BCUT2D eigenvalue weighted by atomic mass is 9.53. The van der Waals surface area contributed by atoms with Gasteiger partial charge in [0.1, 0.15) is 0 Å². The van der Waals surface area contributed by atoms with E-state index < -0.39 is 11.9 Å². The topological polar surface area (TPSA) is 74.6 Å². The highest BCUT2D eigenvalue weighted by Gasteiger charge is 2.52. The molecule has 4 nitrogen and oxygen atoms in total. The first-order valence-corrected chi connectivity index (χ1v) is 8.96. The Morgan fingerprint density at radius 1 is 1.05 bits per heavy atom. The van der Waals surface area contributed by atoms with Crippen LogP contribution < -0.4 is 0 Å². The minimum atomic E-state index is -0.708. The largest absolute Gasteiger partial charge is 0.481 e. The Labute approximate surface area is 133 Å². The zero-order valence-corrected chi connectivity index (χ0v) is 13.8. The van der Waals surface area contributed by atoms with Crippen molar-refractivity contribution >= 4 is 11.9 Å². The summed E-state index contributed by atoms with van der Waals surface area (Å²) in [6.45, 7) is 4.15. The van der Waals surface area contributed by atoms with Gasteiger partial charge in [0.05, 0.1) is 11.8 Å². The lowest BCUT2D eigenvalue weighted by Gasteiger charge is -2.50. The third-order valence-electron chi connectivity index (χ3n) is 6.20. The number of fused-ring (bicyclic) bond motifs is 1. The average Bonchev–Trinajstić information content (AvgIpc) is 2.50. The molecule has 2 N–H and O–H groups in total. The number of carboxylic acid groups (broad SMARTS) is 2. The van der Waals surface area contributed by atoms with Gasteiger partial charge < -0.3 is 10.2 Å². The minimum absolute atomic E-state index is 0.0183. The molecule has 0 amide bonds. The monoisotopic (exact) mass is 310 g/mol. The predicted molar refractivity (Wildman–Crippen MR) is 84.5 cm³/mol. The first-order chi connectivity index (χ1) is 10.5. The summed E-state index contributed by atoms with van der Waals surface area (Å²) in [6.07, 6.45) is 7.64. The second-order valence-electron chi connectivity index (χ2n) is 7.29. The lowest BCUT2D eigenvalue weighted by molar-refractivity contribution is -0.164. The molecule has 4 heteroatoms. The molecule has 6 atom stereocenters. The molecular weight excluding hydrogens is 280 g/mol. The van der Waals surface area contributed by atoms with Gasteiger partial charge in [0.15, 0.2) is 0 Å². The van der Waals surface area contributed by atoms with E-state index in [4.69, 9.17) is 0 Å². The van der Waals surface area contributed by atoms with E-state index in [-0.39, 0.29) is 29.6 Å². The molecule has 2 rings (SSSR count). The summed E-state index contributed by atoms with van der Waals surface area (Å²) in [7, 11) is 0. The molecule has 0 aromatic rings. The number of unbranched alkanes of at least 4 members (excludes halogenated alkanes) is 1. The van der Waals surface area contributed by atoms with Gasteiger partial charge in [-0.05, 0) is 36.5 Å². The number of carbonyl (C=O) groups is 2. The molecule has 22 heavy (non-hydrogen) atoms. The van der Waals surface area contributed by atoms with E-state index in [1.807, 2.05) is 6.92 Å².